The van der Waals surface area contributed by atoms with Gasteiger partial charge in [-0.1, -0.05) is 0 Å². The molecule has 0 aromatic rings. The van der Waals surface area contributed by atoms with Gasteiger partial charge in [-0.05, 0) is 27.7 Å². The predicted octanol–water partition coefficient (Wildman–Crippen LogP) is 0.510. The lowest BCUT2D eigenvalue weighted by Crippen LogP contribution is -2.46. The summed E-state index contributed by atoms with van der Waals surface area (Å²) in [4.78, 5) is 0. The maximum Gasteiger partial charge on any atom is 0.0764 e. The quantitative estimate of drug-likeness (QED) is 0.631. The van der Waals surface area contributed by atoms with Crippen LogP contribution in [0.3, 0.4) is 0 Å². The summed E-state index contributed by atoms with van der Waals surface area (Å²) in [7, 11) is 0. The molecular formula is C8H19NO2. The van der Waals surface area contributed by atoms with Crippen LogP contribution in [0.25, 0.3) is 0 Å². The van der Waals surface area contributed by atoms with Crippen molar-refractivity contribution in [3.63, 3.8) is 0 Å². The maximum atomic E-state index is 9.39. The first-order valence-electron chi connectivity index (χ1n) is 3.93. The molecule has 0 bridgehead atoms. The van der Waals surface area contributed by atoms with Crippen LogP contribution in [0.4, 0.5) is 0 Å². The summed E-state index contributed by atoms with van der Waals surface area (Å²) >= 11 is 0. The maximum absolute atomic E-state index is 9.39. The summed E-state index contributed by atoms with van der Waals surface area (Å²) in [5.74, 6) is 0. The summed E-state index contributed by atoms with van der Waals surface area (Å²) in [6.45, 7) is 7.65. The lowest BCUT2D eigenvalue weighted by molar-refractivity contribution is -0.00863. The Balaban J connectivity index is 3.61. The summed E-state index contributed by atoms with van der Waals surface area (Å²) in [6, 6.07) is -0.315. The van der Waals surface area contributed by atoms with Gasteiger partial charge in [0, 0.05) is 0 Å². The van der Waals surface area contributed by atoms with E-state index in [2.05, 4.69) is 0 Å². The van der Waals surface area contributed by atoms with E-state index in [1.807, 2.05) is 13.8 Å². The van der Waals surface area contributed by atoms with E-state index in [0.29, 0.717) is 6.61 Å². The van der Waals surface area contributed by atoms with Crippen LogP contribution < -0.4 is 5.73 Å². The minimum atomic E-state index is -0.852. The van der Waals surface area contributed by atoms with Gasteiger partial charge in [0.15, 0.2) is 0 Å². The summed E-state index contributed by atoms with van der Waals surface area (Å²) < 4.78 is 5.25. The van der Waals surface area contributed by atoms with E-state index in [1.165, 1.54) is 0 Å². The smallest absolute Gasteiger partial charge is 0.0764 e. The fraction of sp³-hybridized carbons (Fsp3) is 1.00. The van der Waals surface area contributed by atoms with Crippen LogP contribution >= 0.6 is 0 Å². The van der Waals surface area contributed by atoms with E-state index in [-0.39, 0.29) is 12.1 Å². The van der Waals surface area contributed by atoms with Crippen LogP contribution in [-0.4, -0.2) is 29.5 Å². The number of aliphatic hydroxyl groups is 1. The molecule has 68 valence electrons. The molecule has 3 nitrogen and oxygen atoms in total. The van der Waals surface area contributed by atoms with E-state index >= 15 is 0 Å². The minimum Gasteiger partial charge on any atom is -0.389 e. The lowest BCUT2D eigenvalue weighted by Gasteiger charge is -2.26. The number of hydrogen-bond donors (Lipinski definition) is 2. The highest BCUT2D eigenvalue weighted by Crippen LogP contribution is 2.06. The molecular weight excluding hydrogens is 142 g/mol. The Morgan fingerprint density at radius 3 is 2.18 bits per heavy atom. The van der Waals surface area contributed by atoms with E-state index in [4.69, 9.17) is 10.5 Å². The van der Waals surface area contributed by atoms with Crippen LogP contribution in [0, 0.1) is 0 Å². The topological polar surface area (TPSA) is 55.5 Å². The van der Waals surface area contributed by atoms with Gasteiger partial charge in [0.05, 0.1) is 24.4 Å². The first-order chi connectivity index (χ1) is 4.84. The van der Waals surface area contributed by atoms with Crippen molar-refractivity contribution < 1.29 is 9.84 Å². The lowest BCUT2D eigenvalue weighted by atomic mass is 10.0. The second-order valence-electron chi connectivity index (χ2n) is 3.64. The van der Waals surface area contributed by atoms with Crippen molar-refractivity contribution >= 4 is 0 Å². The standard InChI is InChI=1S/C8H19NO2/c1-6(2)11-5-7(9)8(3,4)10/h6-7,10H,5,9H2,1-4H3. The van der Waals surface area contributed by atoms with Crippen molar-refractivity contribution in [2.24, 2.45) is 5.73 Å². The SMILES string of the molecule is CC(C)OCC(N)C(C)(C)O. The summed E-state index contributed by atoms with van der Waals surface area (Å²) in [5.41, 5.74) is 4.77. The Kier molecular flexibility index (Phi) is 4.00. The summed E-state index contributed by atoms with van der Waals surface area (Å²) in [5, 5.41) is 9.39. The van der Waals surface area contributed by atoms with Crippen molar-refractivity contribution in [2.75, 3.05) is 6.61 Å². The molecule has 0 saturated carbocycles. The number of ether oxygens (including phenoxy) is 1. The molecule has 0 aliphatic carbocycles. The highest BCUT2D eigenvalue weighted by molar-refractivity contribution is 4.79. The Bertz CT molecular complexity index is 107. The molecule has 0 fully saturated rings. The largest absolute Gasteiger partial charge is 0.389 e. The van der Waals surface area contributed by atoms with Crippen molar-refractivity contribution in [1.29, 1.82) is 0 Å². The average Bonchev–Trinajstić information content (AvgIpc) is 1.80. The Hall–Kier alpha value is -0.120. The molecule has 11 heavy (non-hydrogen) atoms. The molecule has 0 aliphatic rings. The zero-order valence-electron chi connectivity index (χ0n) is 7.79. The Morgan fingerprint density at radius 1 is 1.45 bits per heavy atom. The second kappa shape index (κ2) is 4.04. The minimum absolute atomic E-state index is 0.170. The molecule has 0 amide bonds. The van der Waals surface area contributed by atoms with Crippen molar-refractivity contribution in [3.05, 3.63) is 0 Å². The molecule has 0 rings (SSSR count). The molecule has 0 heterocycles. The number of nitrogens with two attached hydrogens (primary N) is 1. The van der Waals surface area contributed by atoms with Crippen molar-refractivity contribution in [2.45, 2.75) is 45.4 Å². The molecule has 0 radical (unpaired) electrons. The third-order valence-electron chi connectivity index (χ3n) is 1.52. The third kappa shape index (κ3) is 5.18. The van der Waals surface area contributed by atoms with E-state index in [9.17, 15) is 5.11 Å². The van der Waals surface area contributed by atoms with Crippen molar-refractivity contribution in [1.82, 2.24) is 0 Å². The number of rotatable bonds is 4. The first-order valence-corrected chi connectivity index (χ1v) is 3.93. The Morgan fingerprint density at radius 2 is 1.91 bits per heavy atom. The molecule has 0 spiro atoms. The van der Waals surface area contributed by atoms with Gasteiger partial charge >= 0.3 is 0 Å². The van der Waals surface area contributed by atoms with Crippen LogP contribution in [0.2, 0.25) is 0 Å². The molecule has 0 aromatic carbocycles. The second-order valence-corrected chi connectivity index (χ2v) is 3.64. The first kappa shape index (κ1) is 10.9. The Labute approximate surface area is 68.5 Å². The fourth-order valence-electron chi connectivity index (χ4n) is 0.500. The van der Waals surface area contributed by atoms with Gasteiger partial charge in [0.2, 0.25) is 0 Å². The van der Waals surface area contributed by atoms with Gasteiger partial charge in [-0.25, -0.2) is 0 Å². The predicted molar refractivity (Wildman–Crippen MR) is 45.4 cm³/mol. The molecule has 3 N–H and O–H groups in total. The van der Waals surface area contributed by atoms with Gasteiger partial charge in [-0.3, -0.25) is 0 Å². The van der Waals surface area contributed by atoms with E-state index < -0.39 is 5.60 Å². The van der Waals surface area contributed by atoms with Crippen LogP contribution in [0.15, 0.2) is 0 Å². The van der Waals surface area contributed by atoms with Gasteiger partial charge in [-0.15, -0.1) is 0 Å². The molecule has 1 unspecified atom stereocenters. The van der Waals surface area contributed by atoms with Crippen LogP contribution in [0.5, 0.6) is 0 Å². The molecule has 3 heteroatoms. The van der Waals surface area contributed by atoms with Crippen LogP contribution in [0.1, 0.15) is 27.7 Å². The molecule has 0 saturated heterocycles. The van der Waals surface area contributed by atoms with Crippen molar-refractivity contribution in [3.8, 4) is 0 Å². The van der Waals surface area contributed by atoms with E-state index in [1.54, 1.807) is 13.8 Å². The molecule has 1 atom stereocenters. The van der Waals surface area contributed by atoms with E-state index in [0.717, 1.165) is 0 Å². The average molecular weight is 161 g/mol. The van der Waals surface area contributed by atoms with Gasteiger partial charge in [-0.2, -0.15) is 0 Å². The number of hydrogen-bond acceptors (Lipinski definition) is 3. The highest BCUT2D eigenvalue weighted by Gasteiger charge is 2.22. The zero-order chi connectivity index (χ0) is 9.07. The highest BCUT2D eigenvalue weighted by atomic mass is 16.5. The molecule has 0 aromatic heterocycles. The van der Waals surface area contributed by atoms with Gasteiger partial charge < -0.3 is 15.6 Å². The third-order valence-corrected chi connectivity index (χ3v) is 1.52. The fourth-order valence-corrected chi connectivity index (χ4v) is 0.500. The zero-order valence-corrected chi connectivity index (χ0v) is 7.79. The van der Waals surface area contributed by atoms with Crippen LogP contribution in [-0.2, 0) is 4.74 Å². The molecule has 0 aliphatic heterocycles. The van der Waals surface area contributed by atoms with Gasteiger partial charge in [0.25, 0.3) is 0 Å². The normalized spacial score (nSPS) is 15.5. The van der Waals surface area contributed by atoms with Gasteiger partial charge in [0.1, 0.15) is 0 Å². The summed E-state index contributed by atoms with van der Waals surface area (Å²) in [6.07, 6.45) is 0.170. The monoisotopic (exact) mass is 161 g/mol.